The largest absolute Gasteiger partial charge is 0.496 e. The van der Waals surface area contributed by atoms with Gasteiger partial charge in [0.05, 0.1) is 11.6 Å². The van der Waals surface area contributed by atoms with Crippen LogP contribution in [0.15, 0.2) is 40.9 Å². The number of benzene rings is 2. The molecule has 0 aliphatic carbocycles. The molecule has 0 spiro atoms. The van der Waals surface area contributed by atoms with Crippen LogP contribution in [0.5, 0.6) is 11.5 Å². The first-order valence-electron chi connectivity index (χ1n) is 5.95. The Bertz CT molecular complexity index is 654. The fraction of sp³-hybridized carbons (Fsp3) is 0.133. The quantitative estimate of drug-likeness (QED) is 0.673. The molecular weight excluding hydrogens is 379 g/mol. The number of methoxy groups -OCH3 is 1. The Morgan fingerprint density at radius 3 is 2.38 bits per heavy atom. The first kappa shape index (κ1) is 16.1. The summed E-state index contributed by atoms with van der Waals surface area (Å²) in [6.07, 6.45) is 0. The minimum Gasteiger partial charge on any atom is -0.496 e. The molecule has 0 fully saturated rings. The van der Waals surface area contributed by atoms with E-state index < -0.39 is 0 Å². The predicted octanol–water partition coefficient (Wildman–Crippen LogP) is 5.03. The number of hydrogen-bond acceptors (Lipinski definition) is 3. The minimum absolute atomic E-state index is 0.102. The van der Waals surface area contributed by atoms with Gasteiger partial charge in [-0.25, -0.2) is 0 Å². The molecule has 0 saturated heterocycles. The third kappa shape index (κ3) is 4.37. The molecule has 3 nitrogen and oxygen atoms in total. The van der Waals surface area contributed by atoms with Crippen LogP contribution in [0, 0.1) is 0 Å². The highest BCUT2D eigenvalue weighted by Gasteiger charge is 2.10. The summed E-state index contributed by atoms with van der Waals surface area (Å²) >= 11 is 15.1. The van der Waals surface area contributed by atoms with E-state index in [4.69, 9.17) is 32.7 Å². The second-order valence-corrected chi connectivity index (χ2v) is 5.89. The molecule has 6 heteroatoms. The van der Waals surface area contributed by atoms with Gasteiger partial charge in [-0.2, -0.15) is 0 Å². The van der Waals surface area contributed by atoms with Crippen LogP contribution in [0.1, 0.15) is 10.4 Å². The van der Waals surface area contributed by atoms with E-state index >= 15 is 0 Å². The number of carbonyl (C=O) groups is 1. The Labute approximate surface area is 140 Å². The van der Waals surface area contributed by atoms with Gasteiger partial charge < -0.3 is 9.47 Å². The molecular formula is C15H11BrCl2O3. The number of ether oxygens (including phenoxy) is 2. The summed E-state index contributed by atoms with van der Waals surface area (Å²) in [5, 5.41) is 0.911. The number of carbonyl (C=O) groups excluding carboxylic acids is 1. The molecule has 0 bridgehead atoms. The van der Waals surface area contributed by atoms with E-state index in [0.29, 0.717) is 31.6 Å². The monoisotopic (exact) mass is 388 g/mol. The Morgan fingerprint density at radius 2 is 1.81 bits per heavy atom. The van der Waals surface area contributed by atoms with E-state index in [9.17, 15) is 4.79 Å². The van der Waals surface area contributed by atoms with Crippen LogP contribution in [0.4, 0.5) is 0 Å². The standard InChI is InChI=1S/C15H11BrCl2O3/c1-20-15-3-2-9(4-13(15)16)14(19)8-21-12-6-10(17)5-11(18)7-12/h2-7H,8H2,1H3. The zero-order valence-corrected chi connectivity index (χ0v) is 14.1. The van der Waals surface area contributed by atoms with Crippen molar-refractivity contribution in [2.45, 2.75) is 0 Å². The highest BCUT2D eigenvalue weighted by Crippen LogP contribution is 2.26. The first-order chi connectivity index (χ1) is 9.99. The molecule has 0 amide bonds. The Kier molecular flexibility index (Phi) is 5.51. The first-order valence-corrected chi connectivity index (χ1v) is 7.50. The average molecular weight is 390 g/mol. The zero-order chi connectivity index (χ0) is 15.4. The van der Waals surface area contributed by atoms with Crippen molar-refractivity contribution in [2.24, 2.45) is 0 Å². The normalized spacial score (nSPS) is 10.3. The van der Waals surface area contributed by atoms with E-state index in [2.05, 4.69) is 15.9 Å². The van der Waals surface area contributed by atoms with Gasteiger partial charge in [0.1, 0.15) is 11.5 Å². The van der Waals surface area contributed by atoms with Crippen LogP contribution < -0.4 is 9.47 Å². The number of halogens is 3. The van der Waals surface area contributed by atoms with Crippen molar-refractivity contribution in [2.75, 3.05) is 13.7 Å². The molecule has 0 aliphatic heterocycles. The van der Waals surface area contributed by atoms with Crippen molar-refractivity contribution >= 4 is 44.9 Å². The maximum atomic E-state index is 12.1. The average Bonchev–Trinajstić information content (AvgIpc) is 2.43. The Hall–Kier alpha value is -1.23. The number of Topliss-reactive ketones (excluding diaryl/α,β-unsaturated/α-hetero) is 1. The lowest BCUT2D eigenvalue weighted by atomic mass is 10.1. The second-order valence-electron chi connectivity index (χ2n) is 4.17. The third-order valence-corrected chi connectivity index (χ3v) is 3.74. The minimum atomic E-state index is -0.158. The molecule has 2 aromatic carbocycles. The van der Waals surface area contributed by atoms with E-state index in [-0.39, 0.29) is 12.4 Å². The molecule has 2 rings (SSSR count). The lowest BCUT2D eigenvalue weighted by molar-refractivity contribution is 0.0921. The van der Waals surface area contributed by atoms with Crippen LogP contribution in [0.2, 0.25) is 10.0 Å². The summed E-state index contributed by atoms with van der Waals surface area (Å²) in [6, 6.07) is 9.89. The molecule has 0 N–H and O–H groups in total. The van der Waals surface area contributed by atoms with Crippen molar-refractivity contribution in [3.05, 3.63) is 56.5 Å². The van der Waals surface area contributed by atoms with Gasteiger partial charge in [-0.15, -0.1) is 0 Å². The van der Waals surface area contributed by atoms with Crippen molar-refractivity contribution in [1.82, 2.24) is 0 Å². The molecule has 0 aliphatic rings. The van der Waals surface area contributed by atoms with Crippen molar-refractivity contribution in [3.8, 4) is 11.5 Å². The van der Waals surface area contributed by atoms with Crippen molar-refractivity contribution in [1.29, 1.82) is 0 Å². The van der Waals surface area contributed by atoms with Crippen LogP contribution in [0.3, 0.4) is 0 Å². The molecule has 0 heterocycles. The Balaban J connectivity index is 2.06. The maximum absolute atomic E-state index is 12.1. The highest BCUT2D eigenvalue weighted by molar-refractivity contribution is 9.10. The van der Waals surface area contributed by atoms with Gasteiger partial charge in [-0.3, -0.25) is 4.79 Å². The molecule has 2 aromatic rings. The summed E-state index contributed by atoms with van der Waals surface area (Å²) in [5.41, 5.74) is 0.524. The van der Waals surface area contributed by atoms with E-state index in [1.54, 1.807) is 43.5 Å². The predicted molar refractivity (Wildman–Crippen MR) is 87.0 cm³/mol. The zero-order valence-electron chi connectivity index (χ0n) is 11.0. The van der Waals surface area contributed by atoms with Gasteiger partial charge in [-0.05, 0) is 52.3 Å². The van der Waals surface area contributed by atoms with Crippen LogP contribution in [0.25, 0.3) is 0 Å². The van der Waals surface area contributed by atoms with Crippen molar-refractivity contribution in [3.63, 3.8) is 0 Å². The summed E-state index contributed by atoms with van der Waals surface area (Å²) in [4.78, 5) is 12.1. The van der Waals surface area contributed by atoms with E-state index in [1.165, 1.54) is 0 Å². The van der Waals surface area contributed by atoms with E-state index in [1.807, 2.05) is 0 Å². The van der Waals surface area contributed by atoms with E-state index in [0.717, 1.165) is 0 Å². The molecule has 110 valence electrons. The van der Waals surface area contributed by atoms with Gasteiger partial charge in [-0.1, -0.05) is 23.2 Å². The topological polar surface area (TPSA) is 35.5 Å². The van der Waals surface area contributed by atoms with Gasteiger partial charge in [0, 0.05) is 15.6 Å². The van der Waals surface area contributed by atoms with Gasteiger partial charge in [0.25, 0.3) is 0 Å². The smallest absolute Gasteiger partial charge is 0.200 e. The fourth-order valence-electron chi connectivity index (χ4n) is 1.68. The van der Waals surface area contributed by atoms with Gasteiger partial charge >= 0.3 is 0 Å². The lowest BCUT2D eigenvalue weighted by Crippen LogP contribution is -2.11. The van der Waals surface area contributed by atoms with Gasteiger partial charge in [0.15, 0.2) is 12.4 Å². The summed E-state index contributed by atoms with van der Waals surface area (Å²) in [6.45, 7) is -0.102. The highest BCUT2D eigenvalue weighted by atomic mass is 79.9. The number of rotatable bonds is 5. The fourth-order valence-corrected chi connectivity index (χ4v) is 2.73. The summed E-state index contributed by atoms with van der Waals surface area (Å²) in [5.74, 6) is 0.956. The lowest BCUT2D eigenvalue weighted by Gasteiger charge is -2.08. The van der Waals surface area contributed by atoms with Crippen LogP contribution in [-0.4, -0.2) is 19.5 Å². The van der Waals surface area contributed by atoms with Gasteiger partial charge in [0.2, 0.25) is 0 Å². The summed E-state index contributed by atoms with van der Waals surface area (Å²) in [7, 11) is 1.56. The molecule has 0 atom stereocenters. The number of ketones is 1. The molecule has 0 unspecified atom stereocenters. The molecule has 0 saturated carbocycles. The second kappa shape index (κ2) is 7.16. The third-order valence-electron chi connectivity index (χ3n) is 2.68. The maximum Gasteiger partial charge on any atom is 0.200 e. The van der Waals surface area contributed by atoms with Crippen LogP contribution >= 0.6 is 39.1 Å². The SMILES string of the molecule is COc1ccc(C(=O)COc2cc(Cl)cc(Cl)c2)cc1Br. The summed E-state index contributed by atoms with van der Waals surface area (Å²) < 4.78 is 11.2. The molecule has 0 aromatic heterocycles. The molecule has 21 heavy (non-hydrogen) atoms. The molecule has 0 radical (unpaired) electrons. The Morgan fingerprint density at radius 1 is 1.14 bits per heavy atom. The van der Waals surface area contributed by atoms with Crippen LogP contribution in [-0.2, 0) is 0 Å². The number of hydrogen-bond donors (Lipinski definition) is 0. The van der Waals surface area contributed by atoms with Crippen molar-refractivity contribution < 1.29 is 14.3 Å².